The maximum absolute atomic E-state index is 12.4. The van der Waals surface area contributed by atoms with E-state index in [1.807, 2.05) is 12.1 Å². The van der Waals surface area contributed by atoms with E-state index in [2.05, 4.69) is 16.5 Å². The second-order valence-electron chi connectivity index (χ2n) is 7.93. The zero-order valence-electron chi connectivity index (χ0n) is 15.6. The molecular weight excluding hydrogens is 358 g/mol. The highest BCUT2D eigenvalue weighted by Gasteiger charge is 2.33. The number of amides is 2. The highest BCUT2D eigenvalue weighted by Crippen LogP contribution is 2.35. The quantitative estimate of drug-likeness (QED) is 0.860. The van der Waals surface area contributed by atoms with Crippen molar-refractivity contribution in [3.05, 3.63) is 35.7 Å². The zero-order valence-corrected chi connectivity index (χ0v) is 15.6. The summed E-state index contributed by atoms with van der Waals surface area (Å²) in [6.45, 7) is 0.808. The molecular formula is C21H23N3O4. The number of aromatic nitrogens is 1. The Morgan fingerprint density at radius 2 is 2.14 bits per heavy atom. The molecule has 7 heteroatoms. The number of aryl methyl sites for hydroxylation is 2. The summed E-state index contributed by atoms with van der Waals surface area (Å²) in [6, 6.07) is 6.03. The molecule has 0 bridgehead atoms. The molecule has 0 radical (unpaired) electrons. The fourth-order valence-electron chi connectivity index (χ4n) is 4.04. The monoisotopic (exact) mass is 381 g/mol. The topological polar surface area (TPSA) is 84.7 Å². The van der Waals surface area contributed by atoms with Gasteiger partial charge in [-0.3, -0.25) is 9.69 Å². The van der Waals surface area contributed by atoms with Crippen LogP contribution < -0.4 is 10.2 Å². The molecule has 0 unspecified atom stereocenters. The van der Waals surface area contributed by atoms with Gasteiger partial charge in [0.05, 0.1) is 19.3 Å². The van der Waals surface area contributed by atoms with E-state index in [-0.39, 0.29) is 18.1 Å². The molecule has 7 nitrogen and oxygen atoms in total. The minimum absolute atomic E-state index is 0.0477. The summed E-state index contributed by atoms with van der Waals surface area (Å²) < 4.78 is 10.8. The highest BCUT2D eigenvalue weighted by molar-refractivity contribution is 5.90. The van der Waals surface area contributed by atoms with Crippen LogP contribution in [0.4, 0.5) is 10.5 Å². The summed E-state index contributed by atoms with van der Waals surface area (Å²) in [4.78, 5) is 25.9. The Bertz CT molecular complexity index is 918. The number of hydrogen-bond acceptors (Lipinski definition) is 5. The van der Waals surface area contributed by atoms with E-state index < -0.39 is 0 Å². The number of fused-ring (bicyclic) bond motifs is 3. The predicted octanol–water partition coefficient (Wildman–Crippen LogP) is 3.07. The third-order valence-corrected chi connectivity index (χ3v) is 5.76. The van der Waals surface area contributed by atoms with Gasteiger partial charge in [-0.05, 0) is 54.9 Å². The molecule has 1 aromatic carbocycles. The van der Waals surface area contributed by atoms with Crippen molar-refractivity contribution < 1.29 is 18.8 Å². The van der Waals surface area contributed by atoms with Crippen molar-refractivity contribution in [2.75, 3.05) is 18.0 Å². The number of nitrogens with zero attached hydrogens (tertiary/aromatic N) is 2. The van der Waals surface area contributed by atoms with Gasteiger partial charge in [0, 0.05) is 24.1 Å². The van der Waals surface area contributed by atoms with Gasteiger partial charge in [0.15, 0.2) is 0 Å². The summed E-state index contributed by atoms with van der Waals surface area (Å²) in [5, 5.41) is 6.82. The third-order valence-electron chi connectivity index (χ3n) is 5.76. The van der Waals surface area contributed by atoms with Gasteiger partial charge < -0.3 is 14.6 Å². The van der Waals surface area contributed by atoms with E-state index in [9.17, 15) is 9.59 Å². The van der Waals surface area contributed by atoms with Crippen LogP contribution in [0.25, 0.3) is 11.1 Å². The summed E-state index contributed by atoms with van der Waals surface area (Å²) in [7, 11) is 0. The minimum Gasteiger partial charge on any atom is -0.442 e. The standard InChI is InChI=1S/C21H23N3O4/c25-20(8-13-4-5-13)22-10-16-12-24(21(26)27-16)15-6-7-17-14(9-15)2-1-3-19-18(17)11-23-28-19/h6-7,9,11,13,16H,1-5,8,10,12H2,(H,22,25)/t16-/m0/s1. The van der Waals surface area contributed by atoms with E-state index in [1.165, 1.54) is 5.56 Å². The average Bonchev–Trinajstić information content (AvgIpc) is 3.29. The van der Waals surface area contributed by atoms with Gasteiger partial charge in [-0.15, -0.1) is 0 Å². The molecule has 146 valence electrons. The minimum atomic E-state index is -0.360. The van der Waals surface area contributed by atoms with Gasteiger partial charge in [-0.25, -0.2) is 4.79 Å². The lowest BCUT2D eigenvalue weighted by atomic mass is 9.99. The first kappa shape index (κ1) is 17.3. The van der Waals surface area contributed by atoms with Crippen molar-refractivity contribution in [3.63, 3.8) is 0 Å². The molecule has 1 aromatic heterocycles. The van der Waals surface area contributed by atoms with Crippen molar-refractivity contribution in [2.24, 2.45) is 5.92 Å². The van der Waals surface area contributed by atoms with Crippen molar-refractivity contribution >= 4 is 17.7 Å². The molecule has 0 spiro atoms. The van der Waals surface area contributed by atoms with Gasteiger partial charge in [0.1, 0.15) is 11.9 Å². The Labute approximate surface area is 163 Å². The van der Waals surface area contributed by atoms with Gasteiger partial charge in [-0.2, -0.15) is 0 Å². The number of rotatable bonds is 5. The Kier molecular flexibility index (Phi) is 4.30. The third kappa shape index (κ3) is 3.37. The summed E-state index contributed by atoms with van der Waals surface area (Å²) in [5.41, 5.74) is 4.18. The van der Waals surface area contributed by atoms with E-state index in [4.69, 9.17) is 9.26 Å². The number of carbonyl (C=O) groups is 2. The molecule has 3 aliphatic rings. The number of benzene rings is 1. The maximum Gasteiger partial charge on any atom is 0.414 e. The summed E-state index contributed by atoms with van der Waals surface area (Å²) in [6.07, 6.45) is 6.75. The zero-order chi connectivity index (χ0) is 19.1. The Morgan fingerprint density at radius 1 is 1.25 bits per heavy atom. The van der Waals surface area contributed by atoms with Crippen LogP contribution >= 0.6 is 0 Å². The van der Waals surface area contributed by atoms with Gasteiger partial charge >= 0.3 is 6.09 Å². The van der Waals surface area contributed by atoms with E-state index in [0.717, 1.165) is 54.7 Å². The molecule has 2 aromatic rings. The first-order valence-corrected chi connectivity index (χ1v) is 9.99. The highest BCUT2D eigenvalue weighted by atomic mass is 16.6. The van der Waals surface area contributed by atoms with Crippen LogP contribution in [0.3, 0.4) is 0 Å². The Hall–Kier alpha value is -2.83. The molecule has 1 N–H and O–H groups in total. The molecule has 1 aliphatic heterocycles. The molecule has 2 aliphatic carbocycles. The average molecular weight is 381 g/mol. The van der Waals surface area contributed by atoms with Gasteiger partial charge in [-0.1, -0.05) is 11.2 Å². The van der Waals surface area contributed by atoms with Crippen LogP contribution in [0.5, 0.6) is 0 Å². The van der Waals surface area contributed by atoms with Crippen LogP contribution in [0.15, 0.2) is 28.9 Å². The van der Waals surface area contributed by atoms with Crippen LogP contribution in [0, 0.1) is 5.92 Å². The first-order valence-electron chi connectivity index (χ1n) is 9.99. The van der Waals surface area contributed by atoms with E-state index >= 15 is 0 Å². The van der Waals surface area contributed by atoms with Crippen LogP contribution in [-0.4, -0.2) is 36.4 Å². The fourth-order valence-corrected chi connectivity index (χ4v) is 4.04. The van der Waals surface area contributed by atoms with Crippen molar-refractivity contribution in [3.8, 4) is 11.1 Å². The van der Waals surface area contributed by atoms with Crippen molar-refractivity contribution in [1.82, 2.24) is 10.5 Å². The SMILES string of the molecule is O=C(CC1CC1)NC[C@H]1CN(c2ccc3c(c2)CCCc2oncc2-3)C(=O)O1. The molecule has 2 amide bonds. The smallest absolute Gasteiger partial charge is 0.414 e. The molecule has 2 heterocycles. The Morgan fingerprint density at radius 3 is 3.00 bits per heavy atom. The number of anilines is 1. The molecule has 1 saturated heterocycles. The van der Waals surface area contributed by atoms with Gasteiger partial charge in [0.2, 0.25) is 5.91 Å². The number of cyclic esters (lactones) is 1. The number of nitrogens with one attached hydrogen (secondary N) is 1. The number of ether oxygens (including phenoxy) is 1. The largest absolute Gasteiger partial charge is 0.442 e. The molecule has 1 saturated carbocycles. The summed E-state index contributed by atoms with van der Waals surface area (Å²) in [5.74, 6) is 1.52. The lowest BCUT2D eigenvalue weighted by Crippen LogP contribution is -2.34. The molecule has 1 atom stereocenters. The normalized spacial score (nSPS) is 20.9. The predicted molar refractivity (Wildman–Crippen MR) is 102 cm³/mol. The van der Waals surface area contributed by atoms with Crippen molar-refractivity contribution in [1.29, 1.82) is 0 Å². The first-order chi connectivity index (χ1) is 13.7. The van der Waals surface area contributed by atoms with Crippen molar-refractivity contribution in [2.45, 2.75) is 44.6 Å². The maximum atomic E-state index is 12.4. The van der Waals surface area contributed by atoms with Crippen LogP contribution in [0.1, 0.15) is 37.0 Å². The van der Waals surface area contributed by atoms with Crippen LogP contribution in [-0.2, 0) is 22.4 Å². The Balaban J connectivity index is 1.28. The van der Waals surface area contributed by atoms with Gasteiger partial charge in [0.25, 0.3) is 0 Å². The number of hydrogen-bond donors (Lipinski definition) is 1. The molecule has 5 rings (SSSR count). The lowest BCUT2D eigenvalue weighted by Gasteiger charge is -2.16. The van der Waals surface area contributed by atoms with E-state index in [1.54, 1.807) is 11.1 Å². The second kappa shape index (κ2) is 6.96. The summed E-state index contributed by atoms with van der Waals surface area (Å²) >= 11 is 0. The second-order valence-corrected chi connectivity index (χ2v) is 7.93. The molecule has 28 heavy (non-hydrogen) atoms. The van der Waals surface area contributed by atoms with Crippen LogP contribution in [0.2, 0.25) is 0 Å². The molecule has 2 fully saturated rings. The van der Waals surface area contributed by atoms with E-state index in [0.29, 0.717) is 25.4 Å². The fraction of sp³-hybridized carbons (Fsp3) is 0.476. The lowest BCUT2D eigenvalue weighted by molar-refractivity contribution is -0.121. The number of carbonyl (C=O) groups excluding carboxylic acids is 2.